The van der Waals surface area contributed by atoms with E-state index in [-0.39, 0.29) is 17.4 Å². The molecule has 3 fully saturated rings. The Hall–Kier alpha value is -1.82. The highest BCUT2D eigenvalue weighted by atomic mass is 16.5. The van der Waals surface area contributed by atoms with Crippen LogP contribution in [0, 0.1) is 17.8 Å². The zero-order valence-electron chi connectivity index (χ0n) is 14.0. The molecule has 3 aliphatic rings. The number of nitrogens with zero attached hydrogens (tertiary/aromatic N) is 1. The Balaban J connectivity index is 1.19. The van der Waals surface area contributed by atoms with Crippen LogP contribution in [0.15, 0.2) is 22.8 Å². The quantitative estimate of drug-likeness (QED) is 0.910. The Morgan fingerprint density at radius 2 is 2.21 bits per heavy atom. The molecule has 0 aromatic carbocycles. The molecule has 1 aromatic heterocycles. The summed E-state index contributed by atoms with van der Waals surface area (Å²) in [4.78, 5) is 26.0. The average Bonchev–Trinajstić information content (AvgIpc) is 3.06. The Morgan fingerprint density at radius 1 is 1.42 bits per heavy atom. The van der Waals surface area contributed by atoms with Crippen molar-refractivity contribution in [2.45, 2.75) is 31.8 Å². The van der Waals surface area contributed by atoms with E-state index in [0.717, 1.165) is 32.4 Å². The van der Waals surface area contributed by atoms with Crippen molar-refractivity contribution in [2.75, 3.05) is 26.2 Å². The summed E-state index contributed by atoms with van der Waals surface area (Å²) >= 11 is 0. The molecule has 0 radical (unpaired) electrons. The first-order valence-electron chi connectivity index (χ1n) is 8.81. The van der Waals surface area contributed by atoms with Crippen LogP contribution in [0.2, 0.25) is 0 Å². The number of carbonyl (C=O) groups excluding carboxylic acids is 2. The van der Waals surface area contributed by atoms with Gasteiger partial charge in [-0.15, -0.1) is 0 Å². The van der Waals surface area contributed by atoms with E-state index in [4.69, 9.17) is 9.15 Å². The number of ether oxygens (including phenoxy) is 1. The molecule has 1 aliphatic carbocycles. The number of carbonyl (C=O) groups is 2. The number of hydrogen-bond donors (Lipinski definition) is 1. The molecule has 3 heterocycles. The number of amides is 2. The van der Waals surface area contributed by atoms with Crippen LogP contribution in [0.1, 0.15) is 36.7 Å². The number of likely N-dealkylation sites (tertiary alicyclic amines) is 1. The Kier molecular flexibility index (Phi) is 3.87. The van der Waals surface area contributed by atoms with Gasteiger partial charge in [0, 0.05) is 12.5 Å². The van der Waals surface area contributed by atoms with Gasteiger partial charge < -0.3 is 19.4 Å². The summed E-state index contributed by atoms with van der Waals surface area (Å²) < 4.78 is 11.2. The maximum atomic E-state index is 12.2. The molecule has 2 aliphatic heterocycles. The molecule has 1 spiro atoms. The van der Waals surface area contributed by atoms with E-state index >= 15 is 0 Å². The molecule has 24 heavy (non-hydrogen) atoms. The number of hydrogen-bond acceptors (Lipinski definition) is 4. The van der Waals surface area contributed by atoms with Crippen LogP contribution < -0.4 is 5.32 Å². The highest BCUT2D eigenvalue weighted by molar-refractivity contribution is 5.91. The largest absolute Gasteiger partial charge is 0.459 e. The van der Waals surface area contributed by atoms with Crippen LogP contribution >= 0.6 is 0 Å². The first-order chi connectivity index (χ1) is 11.6. The SMILES string of the molecule is C[C@@H]1C[C@@H]1C(=O)N1CC2(CC[C@@H](CNC(=O)c3ccco3)CO2)C1. The summed E-state index contributed by atoms with van der Waals surface area (Å²) in [5, 5.41) is 2.90. The highest BCUT2D eigenvalue weighted by Crippen LogP contribution is 2.43. The van der Waals surface area contributed by atoms with Crippen LogP contribution in [-0.2, 0) is 9.53 Å². The summed E-state index contributed by atoms with van der Waals surface area (Å²) in [6.45, 7) is 4.84. The second kappa shape index (κ2) is 5.92. The fourth-order valence-electron chi connectivity index (χ4n) is 3.77. The molecule has 0 unspecified atom stereocenters. The molecule has 4 rings (SSSR count). The van der Waals surface area contributed by atoms with Crippen molar-refractivity contribution in [1.29, 1.82) is 0 Å². The fourth-order valence-corrected chi connectivity index (χ4v) is 3.77. The normalized spacial score (nSPS) is 30.7. The van der Waals surface area contributed by atoms with Gasteiger partial charge in [0.1, 0.15) is 5.60 Å². The van der Waals surface area contributed by atoms with Crippen LogP contribution in [0.3, 0.4) is 0 Å². The lowest BCUT2D eigenvalue weighted by Crippen LogP contribution is -2.66. The number of furan rings is 1. The zero-order valence-corrected chi connectivity index (χ0v) is 14.0. The Labute approximate surface area is 141 Å². The molecule has 130 valence electrons. The van der Waals surface area contributed by atoms with Gasteiger partial charge in [-0.05, 0) is 43.2 Å². The maximum Gasteiger partial charge on any atom is 0.286 e. The van der Waals surface area contributed by atoms with Gasteiger partial charge in [0.2, 0.25) is 5.91 Å². The van der Waals surface area contributed by atoms with Gasteiger partial charge in [-0.1, -0.05) is 6.92 Å². The van der Waals surface area contributed by atoms with Crippen molar-refractivity contribution in [3.05, 3.63) is 24.2 Å². The standard InChI is InChI=1S/C18H24N2O4/c1-12-7-14(12)17(22)20-10-18(11-20)5-4-13(9-24-18)8-19-16(21)15-3-2-6-23-15/h2-3,6,12-14H,4-5,7-11H2,1H3,(H,19,21)/t12-,13+,14+/m1/s1. The third-order valence-corrected chi connectivity index (χ3v) is 5.63. The lowest BCUT2D eigenvalue weighted by Gasteiger charge is -2.53. The van der Waals surface area contributed by atoms with Crippen molar-refractivity contribution in [3.8, 4) is 0 Å². The van der Waals surface area contributed by atoms with E-state index in [0.29, 0.717) is 36.7 Å². The minimum absolute atomic E-state index is 0.130. The van der Waals surface area contributed by atoms with Gasteiger partial charge in [-0.3, -0.25) is 9.59 Å². The van der Waals surface area contributed by atoms with Crippen LogP contribution in [0.4, 0.5) is 0 Å². The van der Waals surface area contributed by atoms with E-state index in [2.05, 4.69) is 12.2 Å². The molecule has 6 nitrogen and oxygen atoms in total. The van der Waals surface area contributed by atoms with Crippen LogP contribution in [0.5, 0.6) is 0 Å². The van der Waals surface area contributed by atoms with Gasteiger partial charge in [-0.2, -0.15) is 0 Å². The fraction of sp³-hybridized carbons (Fsp3) is 0.667. The van der Waals surface area contributed by atoms with Crippen molar-refractivity contribution < 1.29 is 18.7 Å². The monoisotopic (exact) mass is 332 g/mol. The van der Waals surface area contributed by atoms with E-state index in [9.17, 15) is 9.59 Å². The third-order valence-electron chi connectivity index (χ3n) is 5.63. The summed E-state index contributed by atoms with van der Waals surface area (Å²) in [6, 6.07) is 3.36. The molecular formula is C18H24N2O4. The number of rotatable bonds is 4. The molecule has 1 aromatic rings. The van der Waals surface area contributed by atoms with E-state index in [1.54, 1.807) is 12.1 Å². The Bertz CT molecular complexity index is 611. The molecule has 3 atom stereocenters. The van der Waals surface area contributed by atoms with E-state index in [1.165, 1.54) is 6.26 Å². The predicted octanol–water partition coefficient (Wildman–Crippen LogP) is 1.67. The summed E-state index contributed by atoms with van der Waals surface area (Å²) in [6.07, 6.45) is 4.51. The molecule has 1 saturated carbocycles. The highest BCUT2D eigenvalue weighted by Gasteiger charge is 2.52. The smallest absolute Gasteiger partial charge is 0.286 e. The molecule has 2 saturated heterocycles. The van der Waals surface area contributed by atoms with E-state index in [1.807, 2.05) is 4.90 Å². The van der Waals surface area contributed by atoms with Crippen molar-refractivity contribution in [2.24, 2.45) is 17.8 Å². The molecule has 6 heteroatoms. The van der Waals surface area contributed by atoms with Gasteiger partial charge in [-0.25, -0.2) is 0 Å². The average molecular weight is 332 g/mol. The molecule has 2 amide bonds. The maximum absolute atomic E-state index is 12.2. The lowest BCUT2D eigenvalue weighted by atomic mass is 9.82. The minimum atomic E-state index is -0.181. The van der Waals surface area contributed by atoms with Gasteiger partial charge in [0.15, 0.2) is 5.76 Å². The summed E-state index contributed by atoms with van der Waals surface area (Å²) in [5.74, 6) is 1.61. The second-order valence-electron chi connectivity index (χ2n) is 7.60. The minimum Gasteiger partial charge on any atom is -0.459 e. The van der Waals surface area contributed by atoms with Crippen LogP contribution in [0.25, 0.3) is 0 Å². The second-order valence-corrected chi connectivity index (χ2v) is 7.60. The summed E-state index contributed by atoms with van der Waals surface area (Å²) in [7, 11) is 0. The molecule has 1 N–H and O–H groups in total. The van der Waals surface area contributed by atoms with Gasteiger partial charge in [0.05, 0.1) is 26.0 Å². The first-order valence-corrected chi connectivity index (χ1v) is 8.81. The zero-order chi connectivity index (χ0) is 16.7. The van der Waals surface area contributed by atoms with E-state index < -0.39 is 0 Å². The molecule has 0 bridgehead atoms. The lowest BCUT2D eigenvalue weighted by molar-refractivity contribution is -0.189. The molecular weight excluding hydrogens is 308 g/mol. The predicted molar refractivity (Wildman–Crippen MR) is 86.3 cm³/mol. The summed E-state index contributed by atoms with van der Waals surface area (Å²) in [5.41, 5.74) is -0.130. The first kappa shape index (κ1) is 15.7. The van der Waals surface area contributed by atoms with Gasteiger partial charge in [0.25, 0.3) is 5.91 Å². The van der Waals surface area contributed by atoms with Gasteiger partial charge >= 0.3 is 0 Å². The van der Waals surface area contributed by atoms with Crippen molar-refractivity contribution >= 4 is 11.8 Å². The number of nitrogens with one attached hydrogen (secondary N) is 1. The van der Waals surface area contributed by atoms with Crippen molar-refractivity contribution in [3.63, 3.8) is 0 Å². The third kappa shape index (κ3) is 2.95. The topological polar surface area (TPSA) is 71.8 Å². The Morgan fingerprint density at radius 3 is 2.79 bits per heavy atom. The van der Waals surface area contributed by atoms with Crippen molar-refractivity contribution in [1.82, 2.24) is 10.2 Å². The van der Waals surface area contributed by atoms with Crippen LogP contribution in [-0.4, -0.2) is 48.6 Å².